The molecule has 1 aliphatic heterocycles. The molecule has 1 saturated heterocycles. The van der Waals surface area contributed by atoms with Crippen LogP contribution in [0.2, 0.25) is 18.6 Å². The molecule has 1 fully saturated rings. The van der Waals surface area contributed by atoms with E-state index in [2.05, 4.69) is 43.5 Å². The van der Waals surface area contributed by atoms with Gasteiger partial charge in [0.25, 0.3) is 0 Å². The smallest absolute Gasteiger partial charge is 0.0836 e. The van der Waals surface area contributed by atoms with Gasteiger partial charge in [0.05, 0.1) is 8.07 Å². The van der Waals surface area contributed by atoms with Crippen molar-refractivity contribution in [1.82, 2.24) is 0 Å². The number of rotatable bonds is 2. The van der Waals surface area contributed by atoms with Gasteiger partial charge in [0.1, 0.15) is 0 Å². The summed E-state index contributed by atoms with van der Waals surface area (Å²) in [4.78, 5) is 0. The summed E-state index contributed by atoms with van der Waals surface area (Å²) in [6.45, 7) is 6.74. The van der Waals surface area contributed by atoms with Crippen molar-refractivity contribution in [3.63, 3.8) is 0 Å². The van der Waals surface area contributed by atoms with Gasteiger partial charge < -0.3 is 0 Å². The van der Waals surface area contributed by atoms with Gasteiger partial charge in [-0.05, 0) is 5.56 Å². The standard InChI is InChI=1S/C12H16Si/c1-11(13(2)9-6-10-13)12-7-4-3-5-8-12/h3-5,7-8H,1,6,9-10H2,2H3. The Morgan fingerprint density at radius 3 is 2.31 bits per heavy atom. The molecule has 0 N–H and O–H groups in total. The van der Waals surface area contributed by atoms with Crippen LogP contribution in [0.1, 0.15) is 12.0 Å². The summed E-state index contributed by atoms with van der Waals surface area (Å²) >= 11 is 0. The molecule has 1 aliphatic rings. The normalized spacial score (nSPS) is 19.2. The van der Waals surface area contributed by atoms with Crippen LogP contribution in [0, 0.1) is 0 Å². The molecule has 68 valence electrons. The van der Waals surface area contributed by atoms with Crippen molar-refractivity contribution in [2.75, 3.05) is 0 Å². The van der Waals surface area contributed by atoms with Crippen LogP contribution in [-0.2, 0) is 0 Å². The molecule has 0 aromatic heterocycles. The molecule has 0 spiro atoms. The molecule has 13 heavy (non-hydrogen) atoms. The van der Waals surface area contributed by atoms with Crippen molar-refractivity contribution in [2.45, 2.75) is 25.1 Å². The zero-order chi connectivity index (χ0) is 9.31. The van der Waals surface area contributed by atoms with E-state index in [1.54, 1.807) is 0 Å². The first kappa shape index (κ1) is 8.76. The highest BCUT2D eigenvalue weighted by Crippen LogP contribution is 2.41. The van der Waals surface area contributed by atoms with Crippen LogP contribution in [-0.4, -0.2) is 8.07 Å². The highest BCUT2D eigenvalue weighted by molar-refractivity contribution is 6.97. The molecule has 1 aromatic rings. The minimum absolute atomic E-state index is 1.04. The molecule has 0 bridgehead atoms. The summed E-state index contributed by atoms with van der Waals surface area (Å²) in [7, 11) is -1.04. The summed E-state index contributed by atoms with van der Waals surface area (Å²) in [5.74, 6) is 0. The van der Waals surface area contributed by atoms with E-state index in [9.17, 15) is 0 Å². The Morgan fingerprint density at radius 1 is 1.23 bits per heavy atom. The van der Waals surface area contributed by atoms with E-state index < -0.39 is 8.07 Å². The number of hydrogen-bond acceptors (Lipinski definition) is 0. The minimum atomic E-state index is -1.04. The Hall–Kier alpha value is -0.823. The van der Waals surface area contributed by atoms with Crippen molar-refractivity contribution in [2.24, 2.45) is 0 Å². The monoisotopic (exact) mass is 188 g/mol. The summed E-state index contributed by atoms with van der Waals surface area (Å²) in [5.41, 5.74) is 1.37. The van der Waals surface area contributed by atoms with Gasteiger partial charge in [-0.25, -0.2) is 0 Å². The predicted octanol–water partition coefficient (Wildman–Crippen LogP) is 3.72. The van der Waals surface area contributed by atoms with Crippen molar-refractivity contribution in [1.29, 1.82) is 0 Å². The molecule has 2 rings (SSSR count). The maximum absolute atomic E-state index is 4.28. The Kier molecular flexibility index (Phi) is 2.12. The molecule has 0 aliphatic carbocycles. The lowest BCUT2D eigenvalue weighted by Crippen LogP contribution is -2.39. The minimum Gasteiger partial charge on any atom is -0.0992 e. The van der Waals surface area contributed by atoms with E-state index in [-0.39, 0.29) is 0 Å². The summed E-state index contributed by atoms with van der Waals surface area (Å²) in [6.07, 6.45) is 1.43. The van der Waals surface area contributed by atoms with Gasteiger partial charge in [0.15, 0.2) is 0 Å². The second-order valence-corrected chi connectivity index (χ2v) is 8.98. The van der Waals surface area contributed by atoms with Gasteiger partial charge in [-0.1, -0.05) is 67.2 Å². The van der Waals surface area contributed by atoms with E-state index in [1.165, 1.54) is 29.3 Å². The third-order valence-corrected chi connectivity index (χ3v) is 7.97. The van der Waals surface area contributed by atoms with Gasteiger partial charge in [0.2, 0.25) is 0 Å². The van der Waals surface area contributed by atoms with Gasteiger partial charge in [-0.2, -0.15) is 0 Å². The topological polar surface area (TPSA) is 0 Å². The molecular weight excluding hydrogens is 172 g/mol. The van der Waals surface area contributed by atoms with Crippen molar-refractivity contribution >= 4 is 13.3 Å². The van der Waals surface area contributed by atoms with Crippen molar-refractivity contribution in [3.8, 4) is 0 Å². The van der Waals surface area contributed by atoms with Crippen LogP contribution in [0.5, 0.6) is 0 Å². The molecule has 0 amide bonds. The lowest BCUT2D eigenvalue weighted by Gasteiger charge is -2.38. The van der Waals surface area contributed by atoms with Crippen LogP contribution in [0.4, 0.5) is 0 Å². The quantitative estimate of drug-likeness (QED) is 0.620. The highest BCUT2D eigenvalue weighted by atomic mass is 28.3. The van der Waals surface area contributed by atoms with Crippen LogP contribution in [0.3, 0.4) is 0 Å². The first-order valence-electron chi connectivity index (χ1n) is 4.97. The Labute approximate surface area is 81.3 Å². The average molecular weight is 188 g/mol. The van der Waals surface area contributed by atoms with Crippen LogP contribution >= 0.6 is 0 Å². The fourth-order valence-corrected chi connectivity index (χ4v) is 4.88. The third-order valence-electron chi connectivity index (χ3n) is 3.31. The van der Waals surface area contributed by atoms with Gasteiger partial charge in [0, 0.05) is 0 Å². The van der Waals surface area contributed by atoms with Crippen molar-refractivity contribution in [3.05, 3.63) is 42.5 Å². The van der Waals surface area contributed by atoms with Crippen LogP contribution < -0.4 is 0 Å². The van der Waals surface area contributed by atoms with Gasteiger partial charge in [-0.3, -0.25) is 0 Å². The number of hydrogen-bond donors (Lipinski definition) is 0. The third kappa shape index (κ3) is 1.48. The van der Waals surface area contributed by atoms with E-state index in [4.69, 9.17) is 0 Å². The van der Waals surface area contributed by atoms with Crippen molar-refractivity contribution < 1.29 is 0 Å². The van der Waals surface area contributed by atoms with E-state index >= 15 is 0 Å². The largest absolute Gasteiger partial charge is 0.0992 e. The maximum Gasteiger partial charge on any atom is 0.0836 e. The van der Waals surface area contributed by atoms with E-state index in [0.717, 1.165) is 0 Å². The predicted molar refractivity (Wildman–Crippen MR) is 61.3 cm³/mol. The summed E-state index contributed by atoms with van der Waals surface area (Å²) < 4.78 is 0. The maximum atomic E-state index is 4.28. The first-order valence-corrected chi connectivity index (χ1v) is 7.89. The SMILES string of the molecule is C=C(c1ccccc1)[Si]1(C)CCC1. The van der Waals surface area contributed by atoms with Gasteiger partial charge >= 0.3 is 0 Å². The lowest BCUT2D eigenvalue weighted by atomic mass is 10.2. The Balaban J connectivity index is 2.23. The number of benzene rings is 1. The first-order chi connectivity index (χ1) is 6.22. The molecule has 0 unspecified atom stereocenters. The molecule has 0 nitrogen and oxygen atoms in total. The Morgan fingerprint density at radius 2 is 1.85 bits per heavy atom. The molecule has 0 radical (unpaired) electrons. The summed E-state index contributed by atoms with van der Waals surface area (Å²) in [5, 5.41) is 1.46. The second-order valence-electron chi connectivity index (χ2n) is 4.26. The molecule has 0 saturated carbocycles. The van der Waals surface area contributed by atoms with Crippen LogP contribution in [0.15, 0.2) is 36.9 Å². The zero-order valence-corrected chi connectivity index (χ0v) is 9.22. The van der Waals surface area contributed by atoms with Crippen LogP contribution in [0.25, 0.3) is 5.20 Å². The molecule has 0 atom stereocenters. The molecule has 1 aromatic carbocycles. The Bertz CT molecular complexity index is 309. The molecule has 1 heteroatoms. The van der Waals surface area contributed by atoms with E-state index in [0.29, 0.717) is 0 Å². The average Bonchev–Trinajstić information content (AvgIpc) is 2.14. The highest BCUT2D eigenvalue weighted by Gasteiger charge is 2.37. The van der Waals surface area contributed by atoms with Gasteiger partial charge in [-0.15, -0.1) is 0 Å². The lowest BCUT2D eigenvalue weighted by molar-refractivity contribution is 0.919. The zero-order valence-electron chi connectivity index (χ0n) is 8.22. The summed E-state index contributed by atoms with van der Waals surface area (Å²) in [6, 6.07) is 13.6. The fraction of sp³-hybridized carbons (Fsp3) is 0.333. The molecular formula is C12H16Si. The second kappa shape index (κ2) is 3.15. The van der Waals surface area contributed by atoms with E-state index in [1.807, 2.05) is 0 Å². The molecule has 1 heterocycles. The fourth-order valence-electron chi connectivity index (χ4n) is 2.00.